The van der Waals surface area contributed by atoms with Crippen LogP contribution in [0.5, 0.6) is 5.75 Å². The molecule has 2 saturated carbocycles. The Labute approximate surface area is 296 Å². The highest BCUT2D eigenvalue weighted by Gasteiger charge is 2.67. The molecule has 7 heteroatoms. The van der Waals surface area contributed by atoms with Gasteiger partial charge in [-0.05, 0) is 124 Å². The van der Waals surface area contributed by atoms with Gasteiger partial charge in [-0.15, -0.1) is 0 Å². The minimum Gasteiger partial charge on any atom is -0.505 e. The molecule has 2 fully saturated rings. The summed E-state index contributed by atoms with van der Waals surface area (Å²) >= 11 is 0. The van der Waals surface area contributed by atoms with E-state index in [-0.39, 0.29) is 28.4 Å². The Morgan fingerprint density at radius 3 is 2.54 bits per heavy atom. The summed E-state index contributed by atoms with van der Waals surface area (Å²) in [4.78, 5) is 4.60. The van der Waals surface area contributed by atoms with Crippen LogP contribution in [0.15, 0.2) is 35.9 Å². The molecule has 0 amide bonds. The van der Waals surface area contributed by atoms with Gasteiger partial charge in [-0.1, -0.05) is 33.4 Å². The Bertz CT molecular complexity index is 2080. The third-order valence-electron chi connectivity index (χ3n) is 14.9. The Morgan fingerprint density at radius 1 is 1.08 bits per heavy atom. The van der Waals surface area contributed by atoms with E-state index >= 15 is 0 Å². The molecule has 7 nitrogen and oxygen atoms in total. The van der Waals surface area contributed by atoms with Gasteiger partial charge in [0.2, 0.25) is 5.90 Å². The maximum absolute atomic E-state index is 12.3. The molecule has 3 N–H and O–H groups in total. The molecular weight excluding hydrogens is 624 g/mol. The first-order valence-corrected chi connectivity index (χ1v) is 19.0. The smallest absolute Gasteiger partial charge is 0.208 e. The van der Waals surface area contributed by atoms with Crippen LogP contribution in [0, 0.1) is 28.6 Å². The van der Waals surface area contributed by atoms with Crippen LogP contribution in [0.25, 0.3) is 27.4 Å². The summed E-state index contributed by atoms with van der Waals surface area (Å²) in [5.74, 6) is 1.32. The van der Waals surface area contributed by atoms with E-state index < -0.39 is 28.8 Å². The minimum atomic E-state index is -0.809. The molecule has 0 saturated heterocycles. The minimum absolute atomic E-state index is 0.133. The fraction of sp³-hybridized carbons (Fsp3) is 0.605. The van der Waals surface area contributed by atoms with Gasteiger partial charge in [0.15, 0.2) is 0 Å². The van der Waals surface area contributed by atoms with Gasteiger partial charge in [-0.3, -0.25) is 4.99 Å². The molecule has 2 aromatic heterocycles. The lowest BCUT2D eigenvalue weighted by Crippen LogP contribution is -2.62. The van der Waals surface area contributed by atoms with Crippen LogP contribution in [-0.2, 0) is 21.3 Å². The fourth-order valence-electron chi connectivity index (χ4n) is 12.8. The van der Waals surface area contributed by atoms with Crippen molar-refractivity contribution in [2.24, 2.45) is 33.6 Å². The summed E-state index contributed by atoms with van der Waals surface area (Å²) in [6, 6.07) is 2.34. The Balaban J connectivity index is 1.28. The number of aromatic hydroxyl groups is 1. The largest absolute Gasteiger partial charge is 0.505 e. The van der Waals surface area contributed by atoms with E-state index in [9.17, 15) is 15.3 Å². The highest BCUT2D eigenvalue weighted by molar-refractivity contribution is 6.11. The second kappa shape index (κ2) is 10.0. The van der Waals surface area contributed by atoms with Crippen LogP contribution in [0.4, 0.5) is 0 Å². The molecule has 8 atom stereocenters. The predicted molar refractivity (Wildman–Crippen MR) is 199 cm³/mol. The van der Waals surface area contributed by atoms with E-state index in [4.69, 9.17) is 9.47 Å². The van der Waals surface area contributed by atoms with Gasteiger partial charge in [0, 0.05) is 51.7 Å². The van der Waals surface area contributed by atoms with E-state index in [1.54, 1.807) is 0 Å². The lowest BCUT2D eigenvalue weighted by atomic mass is 9.40. The summed E-state index contributed by atoms with van der Waals surface area (Å²) in [6.45, 7) is 23.4. The van der Waals surface area contributed by atoms with Gasteiger partial charge < -0.3 is 29.2 Å². The Kier molecular flexibility index (Phi) is 6.58. The first-order valence-electron chi connectivity index (χ1n) is 19.0. The van der Waals surface area contributed by atoms with E-state index in [0.29, 0.717) is 18.4 Å². The molecule has 50 heavy (non-hydrogen) atoms. The topological polar surface area (TPSA) is 95.9 Å². The summed E-state index contributed by atoms with van der Waals surface area (Å²) in [5.41, 5.74) is 6.34. The number of rotatable bonds is 3. The van der Waals surface area contributed by atoms with Gasteiger partial charge in [-0.25, -0.2) is 0 Å². The molecule has 2 unspecified atom stereocenters. The molecule has 4 heterocycles. The van der Waals surface area contributed by atoms with Crippen LogP contribution < -0.4 is 0 Å². The van der Waals surface area contributed by atoms with Crippen LogP contribution in [-0.4, -0.2) is 56.1 Å². The zero-order chi connectivity index (χ0) is 35.5. The van der Waals surface area contributed by atoms with E-state index in [1.165, 1.54) is 16.6 Å². The normalized spacial score (nSPS) is 38.3. The Hall–Kier alpha value is -3.13. The van der Waals surface area contributed by atoms with Crippen LogP contribution in [0.3, 0.4) is 0 Å². The van der Waals surface area contributed by atoms with Crippen molar-refractivity contribution in [2.45, 2.75) is 123 Å². The number of aliphatic hydroxyl groups is 2. The second-order valence-electron chi connectivity index (χ2n) is 18.4. The summed E-state index contributed by atoms with van der Waals surface area (Å²) in [7, 11) is 0. The van der Waals surface area contributed by atoms with E-state index in [0.717, 1.165) is 83.9 Å². The number of allylic oxidation sites excluding steroid dienone is 1. The molecule has 9 rings (SSSR count). The zero-order valence-corrected chi connectivity index (χ0v) is 31.1. The molecular formula is C43H54N2O5. The highest BCUT2D eigenvalue weighted by Crippen LogP contribution is 2.71. The number of hydrogen-bond acceptors (Lipinski definition) is 6. The number of aliphatic imine (C=N–C) groups is 1. The van der Waals surface area contributed by atoms with Crippen molar-refractivity contribution in [2.75, 3.05) is 13.2 Å². The molecule has 0 spiro atoms. The zero-order valence-electron chi connectivity index (χ0n) is 31.1. The lowest BCUT2D eigenvalue weighted by molar-refractivity contribution is -0.144. The van der Waals surface area contributed by atoms with Gasteiger partial charge in [0.1, 0.15) is 5.75 Å². The van der Waals surface area contributed by atoms with Gasteiger partial charge in [0.25, 0.3) is 0 Å². The average molecular weight is 679 g/mol. The second-order valence-corrected chi connectivity index (χ2v) is 18.4. The third kappa shape index (κ3) is 3.84. The fourth-order valence-corrected chi connectivity index (χ4v) is 12.8. The van der Waals surface area contributed by atoms with E-state index in [2.05, 4.69) is 82.7 Å². The number of hydrogen-bond donors (Lipinski definition) is 3. The standard InChI is InChI=1S/C43H54N2O5/c1-22(2)34-37(48)32-31-24(27-21-39(3,4)50-40(5,6)33(27)36(31)47)20-25-26-19-23-11-12-28-41(7,15-14-30-44-17-10-18-49-30)29(46)13-16-42(28,8)43(23,9)38(26)45(34)35(25)32/h14-15,20-21,23,28-29,33,36,46-48H,1,10-13,16-19H2,2-9H3/t23?,28-,29-,33?,36+,41-,42-,43+/m0/s1. The molecule has 3 aromatic rings. The quantitative estimate of drug-likeness (QED) is 0.259. The first kappa shape index (κ1) is 32.8. The van der Waals surface area contributed by atoms with Crippen molar-refractivity contribution in [1.82, 2.24) is 4.40 Å². The molecule has 0 radical (unpaired) electrons. The van der Waals surface area contributed by atoms with Crippen molar-refractivity contribution in [1.29, 1.82) is 0 Å². The van der Waals surface area contributed by atoms with Crippen LogP contribution in [0.2, 0.25) is 0 Å². The summed E-state index contributed by atoms with van der Waals surface area (Å²) in [6.07, 6.45) is 10.9. The molecule has 0 bridgehead atoms. The molecule has 266 valence electrons. The maximum Gasteiger partial charge on any atom is 0.208 e. The number of ether oxygens (including phenoxy) is 2. The maximum atomic E-state index is 12.3. The SMILES string of the molecule is C=C(C)c1c(O)c2c3c(cc4c5c(n1c42)[C@@]1(C)C(CC[C@H]2[C@](C)(C=CC4=NCCCO4)[C@@H](O)CC[C@@]21C)C5)C1=CC(C)(C)OC(C)(C)C1[C@@H]3O. The monoisotopic (exact) mass is 678 g/mol. The number of benzene rings is 1. The number of aliphatic hydroxyl groups excluding tert-OH is 2. The molecule has 2 aliphatic heterocycles. The number of fused-ring (bicyclic) bond motifs is 11. The van der Waals surface area contributed by atoms with Gasteiger partial charge in [-0.2, -0.15) is 0 Å². The molecule has 6 aliphatic rings. The summed E-state index contributed by atoms with van der Waals surface area (Å²) < 4.78 is 14.8. The van der Waals surface area contributed by atoms with Crippen molar-refractivity contribution < 1.29 is 24.8 Å². The van der Waals surface area contributed by atoms with Gasteiger partial charge in [0.05, 0.1) is 41.2 Å². The van der Waals surface area contributed by atoms with Crippen molar-refractivity contribution >= 4 is 33.3 Å². The van der Waals surface area contributed by atoms with E-state index in [1.807, 2.05) is 13.0 Å². The number of aromatic nitrogens is 1. The van der Waals surface area contributed by atoms with Gasteiger partial charge >= 0.3 is 0 Å². The molecule has 4 aliphatic carbocycles. The summed E-state index contributed by atoms with van der Waals surface area (Å²) in [5, 5.41) is 38.2. The average Bonchev–Trinajstić information content (AvgIpc) is 3.71. The van der Waals surface area contributed by atoms with Crippen molar-refractivity contribution in [3.63, 3.8) is 0 Å². The molecule has 1 aromatic carbocycles. The van der Waals surface area contributed by atoms with Crippen molar-refractivity contribution in [3.8, 4) is 5.75 Å². The highest BCUT2D eigenvalue weighted by atomic mass is 16.5. The number of nitrogens with zero attached hydrogens (tertiary/aromatic N) is 2. The third-order valence-corrected chi connectivity index (χ3v) is 14.9. The predicted octanol–water partition coefficient (Wildman–Crippen LogP) is 8.29. The lowest BCUT2D eigenvalue weighted by Gasteiger charge is -2.64. The van der Waals surface area contributed by atoms with Crippen LogP contribution >= 0.6 is 0 Å². The Morgan fingerprint density at radius 2 is 1.84 bits per heavy atom. The first-order chi connectivity index (χ1) is 23.5. The van der Waals surface area contributed by atoms with Crippen LogP contribution in [0.1, 0.15) is 122 Å². The van der Waals surface area contributed by atoms with Crippen molar-refractivity contribution in [3.05, 3.63) is 59.0 Å².